The van der Waals surface area contributed by atoms with Crippen molar-refractivity contribution in [3.8, 4) is 0 Å². The average Bonchev–Trinajstić information content (AvgIpc) is 2.49. The third kappa shape index (κ3) is 3.74. The van der Waals surface area contributed by atoms with Crippen LogP contribution < -0.4 is 10.2 Å². The number of aryl methyl sites for hydroxylation is 1. The third-order valence-corrected chi connectivity index (χ3v) is 3.74. The van der Waals surface area contributed by atoms with Crippen LogP contribution in [0.5, 0.6) is 0 Å². The molecule has 0 amide bonds. The molecule has 22 heavy (non-hydrogen) atoms. The molecule has 1 aromatic carbocycles. The van der Waals surface area contributed by atoms with E-state index in [4.69, 9.17) is 0 Å². The van der Waals surface area contributed by atoms with Crippen molar-refractivity contribution < 1.29 is 0 Å². The lowest BCUT2D eigenvalue weighted by atomic mass is 10.0. The van der Waals surface area contributed by atoms with Crippen LogP contribution >= 0.6 is 0 Å². The van der Waals surface area contributed by atoms with Crippen molar-refractivity contribution in [1.29, 1.82) is 0 Å². The number of benzene rings is 1. The molecule has 1 heterocycles. The Hall–Kier alpha value is -2.14. The Morgan fingerprint density at radius 3 is 2.36 bits per heavy atom. The van der Waals surface area contributed by atoms with E-state index in [2.05, 4.69) is 65.5 Å². The van der Waals surface area contributed by atoms with Gasteiger partial charge >= 0.3 is 0 Å². The second-order valence-electron chi connectivity index (χ2n) is 5.84. The molecule has 1 atom stereocenters. The minimum atomic E-state index is 0.276. The number of likely N-dealkylation sites (N-methyl/N-ethyl adjacent to an activating group) is 1. The molecular formula is C17H25N5. The van der Waals surface area contributed by atoms with E-state index in [0.29, 0.717) is 0 Å². The van der Waals surface area contributed by atoms with E-state index in [1.54, 1.807) is 12.4 Å². The highest BCUT2D eigenvalue weighted by Crippen LogP contribution is 2.24. The number of nitrogens with zero attached hydrogens (tertiary/aromatic N) is 4. The van der Waals surface area contributed by atoms with Crippen molar-refractivity contribution in [2.24, 2.45) is 0 Å². The van der Waals surface area contributed by atoms with E-state index in [1.807, 2.05) is 19.0 Å². The fraction of sp³-hybridized carbons (Fsp3) is 0.412. The molecule has 0 radical (unpaired) electrons. The van der Waals surface area contributed by atoms with Crippen molar-refractivity contribution in [3.05, 3.63) is 47.8 Å². The zero-order valence-corrected chi connectivity index (χ0v) is 14.0. The minimum Gasteiger partial charge on any atom is -0.365 e. The zero-order chi connectivity index (χ0) is 16.1. The fourth-order valence-electron chi connectivity index (χ4n) is 2.51. The Bertz CT molecular complexity index is 610. The molecule has 2 aromatic rings. The highest BCUT2D eigenvalue weighted by atomic mass is 15.2. The van der Waals surface area contributed by atoms with Crippen molar-refractivity contribution >= 4 is 11.6 Å². The standard InChI is InChI=1S/C17H25N5/c1-13-8-6-7-9-14(13)15(21(2)3)12-20-16-17(22(4)5)19-11-10-18-16/h6-11,15H,12H2,1-5H3,(H,18,20). The van der Waals surface area contributed by atoms with Crippen molar-refractivity contribution in [1.82, 2.24) is 14.9 Å². The van der Waals surface area contributed by atoms with E-state index in [9.17, 15) is 0 Å². The molecule has 2 rings (SSSR count). The molecule has 1 unspecified atom stereocenters. The Morgan fingerprint density at radius 1 is 1.05 bits per heavy atom. The van der Waals surface area contributed by atoms with E-state index < -0.39 is 0 Å². The van der Waals surface area contributed by atoms with Gasteiger partial charge in [0.1, 0.15) is 0 Å². The second kappa shape index (κ2) is 7.22. The summed E-state index contributed by atoms with van der Waals surface area (Å²) in [6.45, 7) is 2.93. The molecule has 5 heteroatoms. The lowest BCUT2D eigenvalue weighted by molar-refractivity contribution is 0.310. The number of anilines is 2. The van der Waals surface area contributed by atoms with Crippen LogP contribution in [-0.2, 0) is 0 Å². The molecule has 1 aromatic heterocycles. The second-order valence-corrected chi connectivity index (χ2v) is 5.84. The van der Waals surface area contributed by atoms with Gasteiger partial charge in [-0.25, -0.2) is 9.97 Å². The van der Waals surface area contributed by atoms with E-state index >= 15 is 0 Å². The lowest BCUT2D eigenvalue weighted by Gasteiger charge is -2.27. The quantitative estimate of drug-likeness (QED) is 0.888. The van der Waals surface area contributed by atoms with Gasteiger partial charge in [0.15, 0.2) is 11.6 Å². The summed E-state index contributed by atoms with van der Waals surface area (Å²) in [7, 11) is 8.14. The van der Waals surface area contributed by atoms with Gasteiger partial charge in [-0.2, -0.15) is 0 Å². The first-order valence-electron chi connectivity index (χ1n) is 7.45. The molecule has 1 N–H and O–H groups in total. The Labute approximate surface area is 133 Å². The molecule has 0 saturated heterocycles. The molecule has 118 valence electrons. The highest BCUT2D eigenvalue weighted by Gasteiger charge is 2.17. The molecule has 0 spiro atoms. The summed E-state index contributed by atoms with van der Waals surface area (Å²) in [6, 6.07) is 8.78. The van der Waals surface area contributed by atoms with Crippen molar-refractivity contribution in [2.75, 3.05) is 45.0 Å². The summed E-state index contributed by atoms with van der Waals surface area (Å²) >= 11 is 0. The summed E-state index contributed by atoms with van der Waals surface area (Å²) in [5.41, 5.74) is 2.63. The number of hydrogen-bond donors (Lipinski definition) is 1. The molecule has 0 aliphatic rings. The van der Waals surface area contributed by atoms with Crippen LogP contribution in [0.1, 0.15) is 17.2 Å². The monoisotopic (exact) mass is 299 g/mol. The Balaban J connectivity index is 2.19. The van der Waals surface area contributed by atoms with Crippen LogP contribution in [-0.4, -0.2) is 49.6 Å². The number of aromatic nitrogens is 2. The molecule has 5 nitrogen and oxygen atoms in total. The van der Waals surface area contributed by atoms with E-state index in [1.165, 1.54) is 11.1 Å². The maximum Gasteiger partial charge on any atom is 0.171 e. The normalized spacial score (nSPS) is 12.3. The Kier molecular flexibility index (Phi) is 5.33. The molecule has 0 bridgehead atoms. The maximum absolute atomic E-state index is 4.41. The zero-order valence-electron chi connectivity index (χ0n) is 14.0. The average molecular weight is 299 g/mol. The molecule has 0 aliphatic carbocycles. The van der Waals surface area contributed by atoms with Crippen LogP contribution in [0, 0.1) is 6.92 Å². The van der Waals surface area contributed by atoms with Gasteiger partial charge in [0, 0.05) is 33.0 Å². The van der Waals surface area contributed by atoms with Crippen LogP contribution in [0.3, 0.4) is 0 Å². The predicted octanol–water partition coefficient (Wildman–Crippen LogP) is 2.57. The molecule has 0 aliphatic heterocycles. The van der Waals surface area contributed by atoms with Gasteiger partial charge in [0.05, 0.1) is 6.04 Å². The van der Waals surface area contributed by atoms with Gasteiger partial charge in [-0.15, -0.1) is 0 Å². The van der Waals surface area contributed by atoms with Gasteiger partial charge in [-0.05, 0) is 32.1 Å². The topological polar surface area (TPSA) is 44.3 Å². The summed E-state index contributed by atoms with van der Waals surface area (Å²) in [5.74, 6) is 1.66. The summed E-state index contributed by atoms with van der Waals surface area (Å²) in [4.78, 5) is 13.0. The maximum atomic E-state index is 4.41. The van der Waals surface area contributed by atoms with Crippen molar-refractivity contribution in [2.45, 2.75) is 13.0 Å². The third-order valence-electron chi connectivity index (χ3n) is 3.74. The lowest BCUT2D eigenvalue weighted by Crippen LogP contribution is -2.28. The first-order chi connectivity index (χ1) is 10.5. The van der Waals surface area contributed by atoms with Gasteiger partial charge in [-0.1, -0.05) is 24.3 Å². The number of rotatable bonds is 6. The van der Waals surface area contributed by atoms with Gasteiger partial charge in [0.25, 0.3) is 0 Å². The first kappa shape index (κ1) is 16.2. The fourth-order valence-corrected chi connectivity index (χ4v) is 2.51. The molecule has 0 saturated carbocycles. The SMILES string of the molecule is Cc1ccccc1C(CNc1nccnc1N(C)C)N(C)C. The van der Waals surface area contributed by atoms with E-state index in [0.717, 1.165) is 18.2 Å². The predicted molar refractivity (Wildman–Crippen MR) is 92.5 cm³/mol. The van der Waals surface area contributed by atoms with Crippen LogP contribution in [0.4, 0.5) is 11.6 Å². The summed E-state index contributed by atoms with van der Waals surface area (Å²) < 4.78 is 0. The summed E-state index contributed by atoms with van der Waals surface area (Å²) in [6.07, 6.45) is 3.43. The molecule has 0 fully saturated rings. The number of nitrogens with one attached hydrogen (secondary N) is 1. The first-order valence-corrected chi connectivity index (χ1v) is 7.45. The highest BCUT2D eigenvalue weighted by molar-refractivity contribution is 5.59. The van der Waals surface area contributed by atoms with Crippen LogP contribution in [0.25, 0.3) is 0 Å². The largest absolute Gasteiger partial charge is 0.365 e. The number of hydrogen-bond acceptors (Lipinski definition) is 5. The molecular weight excluding hydrogens is 274 g/mol. The Morgan fingerprint density at radius 2 is 1.73 bits per heavy atom. The smallest absolute Gasteiger partial charge is 0.171 e. The van der Waals surface area contributed by atoms with Crippen LogP contribution in [0.15, 0.2) is 36.7 Å². The van der Waals surface area contributed by atoms with Gasteiger partial charge in [0.2, 0.25) is 0 Å². The summed E-state index contributed by atoms with van der Waals surface area (Å²) in [5, 5.41) is 3.44. The van der Waals surface area contributed by atoms with Gasteiger partial charge < -0.3 is 15.1 Å². The van der Waals surface area contributed by atoms with E-state index in [-0.39, 0.29) is 6.04 Å². The minimum absolute atomic E-state index is 0.276. The van der Waals surface area contributed by atoms with Crippen LogP contribution in [0.2, 0.25) is 0 Å². The van der Waals surface area contributed by atoms with Gasteiger partial charge in [-0.3, -0.25) is 0 Å². The van der Waals surface area contributed by atoms with Crippen molar-refractivity contribution in [3.63, 3.8) is 0 Å².